The van der Waals surface area contributed by atoms with Crippen molar-refractivity contribution < 1.29 is 9.53 Å². The third-order valence-corrected chi connectivity index (χ3v) is 5.81. The number of hydrogen-bond acceptors (Lipinski definition) is 7. The molecule has 0 radical (unpaired) electrons. The van der Waals surface area contributed by atoms with E-state index >= 15 is 0 Å². The van der Waals surface area contributed by atoms with Crippen molar-refractivity contribution in [1.29, 1.82) is 0 Å². The van der Waals surface area contributed by atoms with Crippen LogP contribution >= 0.6 is 11.3 Å². The number of amides is 1. The molecule has 0 aliphatic carbocycles. The summed E-state index contributed by atoms with van der Waals surface area (Å²) in [5, 5.41) is 17.3. The first-order valence-electron chi connectivity index (χ1n) is 10.4. The number of carbonyl (C=O) groups is 1. The van der Waals surface area contributed by atoms with Gasteiger partial charge in [-0.2, -0.15) is 5.10 Å². The lowest BCUT2D eigenvalue weighted by Crippen LogP contribution is -2.35. The topological polar surface area (TPSA) is 99.0 Å². The second-order valence-corrected chi connectivity index (χ2v) is 8.41. The van der Waals surface area contributed by atoms with Crippen LogP contribution in [0.5, 0.6) is 5.88 Å². The van der Waals surface area contributed by atoms with E-state index in [-0.39, 0.29) is 31.2 Å². The minimum Gasteiger partial charge on any atom is -0.475 e. The molecule has 3 aromatic heterocycles. The van der Waals surface area contributed by atoms with Gasteiger partial charge in [-0.3, -0.25) is 9.59 Å². The Morgan fingerprint density at radius 1 is 1.06 bits per heavy atom. The predicted octanol–water partition coefficient (Wildman–Crippen LogP) is 3.24. The Kier molecular flexibility index (Phi) is 6.89. The molecule has 0 saturated carbocycles. The molecule has 4 rings (SSSR count). The number of nitrogens with one attached hydrogen (secondary N) is 1. The Morgan fingerprint density at radius 3 is 2.67 bits per heavy atom. The van der Waals surface area contributed by atoms with Gasteiger partial charge in [-0.15, -0.1) is 21.5 Å². The summed E-state index contributed by atoms with van der Waals surface area (Å²) in [5.41, 5.74) is 4.17. The summed E-state index contributed by atoms with van der Waals surface area (Å²) < 4.78 is 6.70. The summed E-state index contributed by atoms with van der Waals surface area (Å²) in [5.74, 6) is 0.0501. The summed E-state index contributed by atoms with van der Waals surface area (Å²) in [6.45, 7) is 4.30. The van der Waals surface area contributed by atoms with Crippen molar-refractivity contribution in [2.45, 2.75) is 20.4 Å². The van der Waals surface area contributed by atoms with E-state index in [2.05, 4.69) is 20.6 Å². The molecule has 0 fully saturated rings. The summed E-state index contributed by atoms with van der Waals surface area (Å²) in [7, 11) is 0. The van der Waals surface area contributed by atoms with Crippen molar-refractivity contribution >= 4 is 17.2 Å². The summed E-state index contributed by atoms with van der Waals surface area (Å²) in [4.78, 5) is 25.6. The van der Waals surface area contributed by atoms with Gasteiger partial charge in [-0.1, -0.05) is 23.8 Å². The fraction of sp³-hybridized carbons (Fsp3) is 0.208. The first-order valence-corrected chi connectivity index (χ1v) is 11.3. The van der Waals surface area contributed by atoms with E-state index in [0.717, 1.165) is 27.3 Å². The van der Waals surface area contributed by atoms with Gasteiger partial charge in [0.25, 0.3) is 5.56 Å². The molecular formula is C24H23N5O3S. The molecule has 9 heteroatoms. The maximum atomic E-state index is 12.3. The molecule has 0 atom stereocenters. The molecule has 168 valence electrons. The number of aryl methyl sites for hydroxylation is 2. The molecule has 0 aliphatic heterocycles. The molecule has 4 aromatic rings. The van der Waals surface area contributed by atoms with Crippen molar-refractivity contribution in [1.82, 2.24) is 25.3 Å². The van der Waals surface area contributed by atoms with Crippen LogP contribution in [0.15, 0.2) is 64.8 Å². The highest BCUT2D eigenvalue weighted by molar-refractivity contribution is 7.13. The largest absolute Gasteiger partial charge is 0.475 e. The number of carbonyl (C=O) groups excluding carboxylic acids is 1. The van der Waals surface area contributed by atoms with Gasteiger partial charge < -0.3 is 10.1 Å². The molecular weight excluding hydrogens is 438 g/mol. The van der Waals surface area contributed by atoms with Crippen molar-refractivity contribution in [3.8, 4) is 27.7 Å². The van der Waals surface area contributed by atoms with Gasteiger partial charge in [0.15, 0.2) is 0 Å². The maximum absolute atomic E-state index is 12.3. The van der Waals surface area contributed by atoms with Crippen molar-refractivity contribution in [3.63, 3.8) is 0 Å². The second-order valence-electron chi connectivity index (χ2n) is 7.47. The van der Waals surface area contributed by atoms with Gasteiger partial charge in [0.1, 0.15) is 18.8 Å². The molecule has 0 bridgehead atoms. The highest BCUT2D eigenvalue weighted by atomic mass is 32.1. The summed E-state index contributed by atoms with van der Waals surface area (Å²) in [6.07, 6.45) is 0. The minimum atomic E-state index is -0.337. The van der Waals surface area contributed by atoms with E-state index in [0.29, 0.717) is 11.6 Å². The van der Waals surface area contributed by atoms with E-state index in [4.69, 9.17) is 4.74 Å². The van der Waals surface area contributed by atoms with E-state index in [1.54, 1.807) is 23.5 Å². The highest BCUT2D eigenvalue weighted by Gasteiger charge is 2.10. The van der Waals surface area contributed by atoms with Gasteiger partial charge in [0.05, 0.1) is 17.1 Å². The van der Waals surface area contributed by atoms with Crippen LogP contribution in [0.25, 0.3) is 21.8 Å². The van der Waals surface area contributed by atoms with Crippen LogP contribution in [0.4, 0.5) is 0 Å². The Bertz CT molecular complexity index is 1300. The number of hydrogen-bond donors (Lipinski definition) is 1. The number of rotatable bonds is 8. The summed E-state index contributed by atoms with van der Waals surface area (Å²) in [6, 6.07) is 16.7. The molecule has 3 heterocycles. The van der Waals surface area contributed by atoms with Crippen LogP contribution < -0.4 is 15.6 Å². The third-order valence-electron chi connectivity index (χ3n) is 4.92. The molecule has 0 aliphatic rings. The van der Waals surface area contributed by atoms with Crippen molar-refractivity contribution in [3.05, 3.63) is 81.5 Å². The maximum Gasteiger partial charge on any atom is 0.267 e. The first kappa shape index (κ1) is 22.3. The molecule has 1 amide bonds. The lowest BCUT2D eigenvalue weighted by molar-refractivity contribution is -0.122. The zero-order valence-electron chi connectivity index (χ0n) is 18.3. The average molecular weight is 462 g/mol. The monoisotopic (exact) mass is 461 g/mol. The lowest BCUT2D eigenvalue weighted by atomic mass is 10.0. The molecule has 0 saturated heterocycles. The number of ether oxygens (including phenoxy) is 1. The molecule has 1 N–H and O–H groups in total. The molecule has 0 unspecified atom stereocenters. The van der Waals surface area contributed by atoms with Gasteiger partial charge in [0, 0.05) is 17.7 Å². The molecule has 33 heavy (non-hydrogen) atoms. The summed E-state index contributed by atoms with van der Waals surface area (Å²) >= 11 is 1.59. The van der Waals surface area contributed by atoms with Crippen LogP contribution in [-0.4, -0.2) is 39.0 Å². The van der Waals surface area contributed by atoms with Crippen molar-refractivity contribution in [2.24, 2.45) is 0 Å². The Morgan fingerprint density at radius 2 is 1.91 bits per heavy atom. The normalized spacial score (nSPS) is 10.7. The number of nitrogens with zero attached hydrogens (tertiary/aromatic N) is 4. The van der Waals surface area contributed by atoms with Crippen molar-refractivity contribution in [2.75, 3.05) is 13.2 Å². The van der Waals surface area contributed by atoms with Gasteiger partial charge in [0.2, 0.25) is 11.8 Å². The Labute approximate surface area is 194 Å². The number of benzene rings is 1. The zero-order valence-corrected chi connectivity index (χ0v) is 19.1. The van der Waals surface area contributed by atoms with E-state index < -0.39 is 0 Å². The fourth-order valence-electron chi connectivity index (χ4n) is 3.21. The standard InChI is InChI=1S/C24H23N5O3S/c1-16-5-6-17(2)18(14-16)19-8-10-24(31)29(28-19)15-22(30)25-11-12-32-23-9-7-20(26-27-23)21-4-3-13-33-21/h3-10,13-14H,11-12,15H2,1-2H3,(H,25,30). The third kappa shape index (κ3) is 5.69. The molecule has 8 nitrogen and oxygen atoms in total. The van der Waals surface area contributed by atoms with Crippen LogP contribution in [0.1, 0.15) is 11.1 Å². The van der Waals surface area contributed by atoms with Crippen LogP contribution in [0.3, 0.4) is 0 Å². The zero-order chi connectivity index (χ0) is 23.2. The number of thiophene rings is 1. The lowest BCUT2D eigenvalue weighted by Gasteiger charge is -2.10. The van der Waals surface area contributed by atoms with Crippen LogP contribution in [-0.2, 0) is 11.3 Å². The average Bonchev–Trinajstić information content (AvgIpc) is 3.35. The van der Waals surface area contributed by atoms with Crippen LogP contribution in [0, 0.1) is 13.8 Å². The fourth-order valence-corrected chi connectivity index (χ4v) is 3.90. The van der Waals surface area contributed by atoms with Gasteiger partial charge >= 0.3 is 0 Å². The second kappa shape index (κ2) is 10.2. The number of aromatic nitrogens is 4. The Hall–Kier alpha value is -3.85. The molecule has 0 spiro atoms. The van der Waals surface area contributed by atoms with Crippen LogP contribution in [0.2, 0.25) is 0 Å². The molecule has 1 aromatic carbocycles. The van der Waals surface area contributed by atoms with Gasteiger partial charge in [-0.25, -0.2) is 4.68 Å². The smallest absolute Gasteiger partial charge is 0.267 e. The SMILES string of the molecule is Cc1ccc(C)c(-c2ccc(=O)n(CC(=O)NCCOc3ccc(-c4cccs4)nn3)n2)c1. The highest BCUT2D eigenvalue weighted by Crippen LogP contribution is 2.23. The minimum absolute atomic E-state index is 0.174. The predicted molar refractivity (Wildman–Crippen MR) is 127 cm³/mol. The first-order chi connectivity index (χ1) is 16.0. The van der Waals surface area contributed by atoms with E-state index in [1.807, 2.05) is 55.6 Å². The Balaban J connectivity index is 1.30. The van der Waals surface area contributed by atoms with E-state index in [1.165, 1.54) is 10.7 Å². The van der Waals surface area contributed by atoms with Gasteiger partial charge in [-0.05, 0) is 49.1 Å². The quantitative estimate of drug-likeness (QED) is 0.405. The van der Waals surface area contributed by atoms with E-state index in [9.17, 15) is 9.59 Å².